The number of rotatable bonds is 1. The molecular weight excluding hydrogens is 228 g/mol. The van der Waals surface area contributed by atoms with E-state index in [0.29, 0.717) is 12.0 Å². The Morgan fingerprint density at radius 3 is 3.12 bits per heavy atom. The van der Waals surface area contributed by atoms with Crippen molar-refractivity contribution in [1.82, 2.24) is 10.3 Å². The van der Waals surface area contributed by atoms with Crippen LogP contribution in [0.15, 0.2) is 18.2 Å². The Labute approximate surface area is 106 Å². The van der Waals surface area contributed by atoms with E-state index in [2.05, 4.69) is 37.4 Å². The summed E-state index contributed by atoms with van der Waals surface area (Å²) >= 11 is 1.84. The minimum atomic E-state index is 0.460. The molecule has 90 valence electrons. The molecule has 3 heteroatoms. The molecule has 1 aromatic carbocycles. The van der Waals surface area contributed by atoms with Crippen molar-refractivity contribution >= 4 is 21.6 Å². The van der Waals surface area contributed by atoms with E-state index in [9.17, 15) is 0 Å². The number of thiazole rings is 1. The largest absolute Gasteiger partial charge is 0.308 e. The molecule has 0 radical (unpaired) electrons. The molecule has 17 heavy (non-hydrogen) atoms. The Bertz CT molecular complexity index is 532. The number of nitrogens with zero attached hydrogens (tertiary/aromatic N) is 1. The highest BCUT2D eigenvalue weighted by atomic mass is 32.1. The van der Waals surface area contributed by atoms with Gasteiger partial charge in [-0.05, 0) is 49.9 Å². The van der Waals surface area contributed by atoms with Crippen LogP contribution in [0.2, 0.25) is 0 Å². The first-order valence-electron chi connectivity index (χ1n) is 6.34. The number of benzene rings is 1. The van der Waals surface area contributed by atoms with Crippen molar-refractivity contribution in [2.45, 2.75) is 32.7 Å². The lowest BCUT2D eigenvalue weighted by molar-refractivity contribution is 0.305. The predicted molar refractivity (Wildman–Crippen MR) is 73.5 cm³/mol. The molecule has 1 aliphatic rings. The van der Waals surface area contributed by atoms with Crippen LogP contribution in [0.4, 0.5) is 0 Å². The monoisotopic (exact) mass is 246 g/mol. The summed E-state index contributed by atoms with van der Waals surface area (Å²) in [6, 6.07) is 7.01. The second-order valence-electron chi connectivity index (χ2n) is 5.07. The highest BCUT2D eigenvalue weighted by molar-refractivity contribution is 7.18. The van der Waals surface area contributed by atoms with Gasteiger partial charge >= 0.3 is 0 Å². The Balaban J connectivity index is 1.99. The molecular formula is C14H18N2S. The van der Waals surface area contributed by atoms with Crippen LogP contribution in [0.25, 0.3) is 10.2 Å². The minimum Gasteiger partial charge on any atom is -0.308 e. The zero-order chi connectivity index (χ0) is 11.8. The highest BCUT2D eigenvalue weighted by Gasteiger charge is 2.25. The van der Waals surface area contributed by atoms with Crippen molar-refractivity contribution in [3.8, 4) is 0 Å². The summed E-state index contributed by atoms with van der Waals surface area (Å²) in [5.41, 5.74) is 2.45. The van der Waals surface area contributed by atoms with Crippen molar-refractivity contribution in [2.24, 2.45) is 5.92 Å². The molecule has 2 aromatic rings. The first-order chi connectivity index (χ1) is 8.24. The third kappa shape index (κ3) is 2.09. The summed E-state index contributed by atoms with van der Waals surface area (Å²) in [4.78, 5) is 4.80. The lowest BCUT2D eigenvalue weighted by Crippen LogP contribution is -2.32. The van der Waals surface area contributed by atoms with E-state index >= 15 is 0 Å². The van der Waals surface area contributed by atoms with Crippen LogP contribution in [-0.4, -0.2) is 11.5 Å². The van der Waals surface area contributed by atoms with Gasteiger partial charge in [-0.1, -0.05) is 13.0 Å². The van der Waals surface area contributed by atoms with E-state index in [1.807, 2.05) is 11.3 Å². The van der Waals surface area contributed by atoms with Crippen molar-refractivity contribution in [2.75, 3.05) is 6.54 Å². The fourth-order valence-electron chi connectivity index (χ4n) is 2.57. The van der Waals surface area contributed by atoms with Crippen LogP contribution in [0, 0.1) is 12.8 Å². The second-order valence-corrected chi connectivity index (χ2v) is 6.14. The van der Waals surface area contributed by atoms with Gasteiger partial charge in [-0.2, -0.15) is 0 Å². The van der Waals surface area contributed by atoms with Crippen molar-refractivity contribution in [1.29, 1.82) is 0 Å². The minimum absolute atomic E-state index is 0.460. The van der Waals surface area contributed by atoms with Crippen LogP contribution >= 0.6 is 11.3 Å². The number of hydrogen-bond acceptors (Lipinski definition) is 3. The topological polar surface area (TPSA) is 24.9 Å². The average molecular weight is 246 g/mol. The number of piperidine rings is 1. The third-order valence-corrected chi connectivity index (χ3v) is 4.71. The second kappa shape index (κ2) is 4.39. The Morgan fingerprint density at radius 2 is 2.29 bits per heavy atom. The Hall–Kier alpha value is -0.930. The summed E-state index contributed by atoms with van der Waals surface area (Å²) in [5, 5.41) is 4.87. The summed E-state index contributed by atoms with van der Waals surface area (Å²) in [6.45, 7) is 5.58. The molecule has 0 spiro atoms. The van der Waals surface area contributed by atoms with Gasteiger partial charge in [0.15, 0.2) is 0 Å². The molecule has 0 saturated carbocycles. The first kappa shape index (κ1) is 11.2. The zero-order valence-electron chi connectivity index (χ0n) is 10.4. The van der Waals surface area contributed by atoms with Crippen LogP contribution in [0.5, 0.6) is 0 Å². The van der Waals surface area contributed by atoms with E-state index < -0.39 is 0 Å². The van der Waals surface area contributed by atoms with E-state index in [0.717, 1.165) is 12.1 Å². The molecule has 0 amide bonds. The molecule has 1 N–H and O–H groups in total. The molecule has 2 atom stereocenters. The fraction of sp³-hybridized carbons (Fsp3) is 0.500. The van der Waals surface area contributed by atoms with E-state index in [1.165, 1.54) is 28.1 Å². The smallest absolute Gasteiger partial charge is 0.111 e. The molecule has 1 aliphatic heterocycles. The maximum Gasteiger partial charge on any atom is 0.111 e. The number of fused-ring (bicyclic) bond motifs is 1. The lowest BCUT2D eigenvalue weighted by Gasteiger charge is -2.28. The van der Waals surface area contributed by atoms with E-state index in [-0.39, 0.29) is 0 Å². The molecule has 3 rings (SSSR count). The van der Waals surface area contributed by atoms with Crippen LogP contribution in [-0.2, 0) is 0 Å². The third-order valence-electron chi connectivity index (χ3n) is 3.60. The van der Waals surface area contributed by atoms with Crippen LogP contribution in [0.1, 0.15) is 36.4 Å². The summed E-state index contributed by atoms with van der Waals surface area (Å²) in [6.07, 6.45) is 2.61. The van der Waals surface area contributed by atoms with Gasteiger partial charge in [0.2, 0.25) is 0 Å². The van der Waals surface area contributed by atoms with Crippen LogP contribution < -0.4 is 5.32 Å². The van der Waals surface area contributed by atoms with Crippen LogP contribution in [0.3, 0.4) is 0 Å². The van der Waals surface area contributed by atoms with Gasteiger partial charge in [0, 0.05) is 0 Å². The van der Waals surface area contributed by atoms with Gasteiger partial charge in [-0.25, -0.2) is 4.98 Å². The number of aryl methyl sites for hydroxylation is 1. The van der Waals surface area contributed by atoms with Crippen molar-refractivity contribution in [3.05, 3.63) is 28.8 Å². The summed E-state index contributed by atoms with van der Waals surface area (Å²) < 4.78 is 1.31. The van der Waals surface area contributed by atoms with Gasteiger partial charge in [0.1, 0.15) is 5.01 Å². The van der Waals surface area contributed by atoms with Gasteiger partial charge in [0.25, 0.3) is 0 Å². The molecule has 0 aliphatic carbocycles. The maximum atomic E-state index is 4.80. The highest BCUT2D eigenvalue weighted by Crippen LogP contribution is 2.34. The maximum absolute atomic E-state index is 4.80. The standard InChI is InChI=1S/C14H18N2S/c1-9-5-6-12-11(8-9)16-14(17-12)13-10(2)4-3-7-15-13/h5-6,8,10,13,15H,3-4,7H2,1-2H3. The Morgan fingerprint density at radius 1 is 1.41 bits per heavy atom. The van der Waals surface area contributed by atoms with Gasteiger partial charge in [-0.15, -0.1) is 11.3 Å². The molecule has 1 saturated heterocycles. The Kier molecular flexibility index (Phi) is 2.89. The summed E-state index contributed by atoms with van der Waals surface area (Å²) in [7, 11) is 0. The predicted octanol–water partition coefficient (Wildman–Crippen LogP) is 3.67. The molecule has 0 bridgehead atoms. The molecule has 2 heterocycles. The van der Waals surface area contributed by atoms with E-state index in [4.69, 9.17) is 4.98 Å². The van der Waals surface area contributed by atoms with E-state index in [1.54, 1.807) is 0 Å². The number of nitrogens with one attached hydrogen (secondary N) is 1. The average Bonchev–Trinajstić information content (AvgIpc) is 2.72. The molecule has 1 fully saturated rings. The van der Waals surface area contributed by atoms with Crippen molar-refractivity contribution < 1.29 is 0 Å². The van der Waals surface area contributed by atoms with Crippen molar-refractivity contribution in [3.63, 3.8) is 0 Å². The number of aromatic nitrogens is 1. The van der Waals surface area contributed by atoms with Gasteiger partial charge in [0.05, 0.1) is 16.3 Å². The zero-order valence-corrected chi connectivity index (χ0v) is 11.2. The molecule has 2 nitrogen and oxygen atoms in total. The van der Waals surface area contributed by atoms with Gasteiger partial charge < -0.3 is 5.32 Å². The quantitative estimate of drug-likeness (QED) is 0.830. The summed E-state index contributed by atoms with van der Waals surface area (Å²) in [5.74, 6) is 0.699. The molecule has 2 unspecified atom stereocenters. The fourth-order valence-corrected chi connectivity index (χ4v) is 3.73. The van der Waals surface area contributed by atoms with Gasteiger partial charge in [-0.3, -0.25) is 0 Å². The SMILES string of the molecule is Cc1ccc2sc(C3NCCCC3C)nc2c1. The number of hydrogen-bond donors (Lipinski definition) is 1. The first-order valence-corrected chi connectivity index (χ1v) is 7.16. The lowest BCUT2D eigenvalue weighted by atomic mass is 9.93. The normalized spacial score (nSPS) is 25.3. The molecule has 1 aromatic heterocycles.